The molecule has 1 N–H and O–H groups in total. The summed E-state index contributed by atoms with van der Waals surface area (Å²) in [6.45, 7) is 4.88. The van der Waals surface area contributed by atoms with Crippen LogP contribution in [0.25, 0.3) is 0 Å². The van der Waals surface area contributed by atoms with Gasteiger partial charge in [-0.3, -0.25) is 4.68 Å². The van der Waals surface area contributed by atoms with Crippen molar-refractivity contribution in [2.75, 3.05) is 0 Å². The van der Waals surface area contributed by atoms with Gasteiger partial charge in [0.25, 0.3) is 0 Å². The molecule has 5 heteroatoms. The molecule has 0 radical (unpaired) electrons. The van der Waals surface area contributed by atoms with E-state index in [4.69, 9.17) is 23.2 Å². The highest BCUT2D eigenvalue weighted by atomic mass is 35.5. The van der Waals surface area contributed by atoms with E-state index in [0.29, 0.717) is 10.0 Å². The van der Waals surface area contributed by atoms with Gasteiger partial charge in [-0.1, -0.05) is 35.3 Å². The van der Waals surface area contributed by atoms with E-state index in [9.17, 15) is 0 Å². The first-order valence-corrected chi connectivity index (χ1v) is 6.91. The van der Waals surface area contributed by atoms with Crippen LogP contribution in [-0.2, 0) is 13.6 Å². The van der Waals surface area contributed by atoms with Crippen LogP contribution in [0.3, 0.4) is 0 Å². The second kappa shape index (κ2) is 5.95. The van der Waals surface area contributed by atoms with E-state index >= 15 is 0 Å². The van der Waals surface area contributed by atoms with Crippen molar-refractivity contribution in [1.82, 2.24) is 15.1 Å². The van der Waals surface area contributed by atoms with E-state index in [0.717, 1.165) is 17.8 Å². The van der Waals surface area contributed by atoms with E-state index in [1.54, 1.807) is 6.07 Å². The molecule has 0 spiro atoms. The quantitative estimate of drug-likeness (QED) is 0.928. The molecule has 0 aliphatic rings. The molecule has 1 atom stereocenters. The Kier molecular flexibility index (Phi) is 4.50. The van der Waals surface area contributed by atoms with Crippen LogP contribution in [0.4, 0.5) is 0 Å². The fraction of sp³-hybridized carbons (Fsp3) is 0.357. The monoisotopic (exact) mass is 297 g/mol. The number of hydrogen-bond acceptors (Lipinski definition) is 2. The van der Waals surface area contributed by atoms with Gasteiger partial charge in [0.05, 0.1) is 16.2 Å². The summed E-state index contributed by atoms with van der Waals surface area (Å²) < 4.78 is 1.87. The lowest BCUT2D eigenvalue weighted by molar-refractivity contribution is 0.573. The molecule has 0 aliphatic carbocycles. The molecule has 0 saturated carbocycles. The van der Waals surface area contributed by atoms with Crippen molar-refractivity contribution in [3.8, 4) is 0 Å². The highest BCUT2D eigenvalue weighted by Gasteiger charge is 2.12. The molecule has 102 valence electrons. The molecule has 1 unspecified atom stereocenters. The van der Waals surface area contributed by atoms with E-state index in [-0.39, 0.29) is 6.04 Å². The third kappa shape index (κ3) is 3.11. The van der Waals surface area contributed by atoms with Crippen molar-refractivity contribution in [1.29, 1.82) is 0 Å². The smallest absolute Gasteiger partial charge is 0.0639 e. The first-order chi connectivity index (χ1) is 9.00. The number of benzene rings is 1. The van der Waals surface area contributed by atoms with Crippen molar-refractivity contribution in [2.24, 2.45) is 7.05 Å². The summed E-state index contributed by atoms with van der Waals surface area (Å²) in [5.74, 6) is 0. The van der Waals surface area contributed by atoms with Crippen LogP contribution in [0.1, 0.15) is 29.8 Å². The van der Waals surface area contributed by atoms with Gasteiger partial charge in [0, 0.05) is 30.9 Å². The van der Waals surface area contributed by atoms with E-state index in [1.165, 1.54) is 5.56 Å². The molecule has 0 fully saturated rings. The van der Waals surface area contributed by atoms with Crippen molar-refractivity contribution >= 4 is 23.2 Å². The molecule has 1 aromatic carbocycles. The van der Waals surface area contributed by atoms with E-state index in [1.807, 2.05) is 30.1 Å². The Hall–Kier alpha value is -1.03. The number of aryl methyl sites for hydroxylation is 1. The second-order valence-electron chi connectivity index (χ2n) is 4.62. The van der Waals surface area contributed by atoms with Gasteiger partial charge in [0.15, 0.2) is 0 Å². The van der Waals surface area contributed by atoms with Gasteiger partial charge in [0.1, 0.15) is 0 Å². The minimum absolute atomic E-state index is 0.130. The number of halogens is 2. The first-order valence-electron chi connectivity index (χ1n) is 6.15. The third-order valence-corrected chi connectivity index (χ3v) is 4.22. The molecular weight excluding hydrogens is 281 g/mol. The lowest BCUT2D eigenvalue weighted by Gasteiger charge is -2.16. The molecular formula is C14H17Cl2N3. The molecule has 0 saturated heterocycles. The lowest BCUT2D eigenvalue weighted by Crippen LogP contribution is -2.18. The molecule has 1 heterocycles. The fourth-order valence-corrected chi connectivity index (χ4v) is 2.42. The zero-order valence-electron chi connectivity index (χ0n) is 11.2. The number of aromatic nitrogens is 2. The Morgan fingerprint density at radius 2 is 2.11 bits per heavy atom. The lowest BCUT2D eigenvalue weighted by atomic mass is 10.1. The van der Waals surface area contributed by atoms with Crippen molar-refractivity contribution in [3.05, 3.63) is 51.3 Å². The maximum atomic E-state index is 6.22. The summed E-state index contributed by atoms with van der Waals surface area (Å²) in [5.41, 5.74) is 3.36. The molecule has 0 amide bonds. The van der Waals surface area contributed by atoms with Crippen molar-refractivity contribution in [2.45, 2.75) is 26.4 Å². The summed E-state index contributed by atoms with van der Waals surface area (Å²) in [4.78, 5) is 0. The third-order valence-electron chi connectivity index (χ3n) is 3.38. The van der Waals surface area contributed by atoms with Gasteiger partial charge >= 0.3 is 0 Å². The predicted octanol–water partition coefficient (Wildman–Crippen LogP) is 3.89. The van der Waals surface area contributed by atoms with Crippen LogP contribution in [0.15, 0.2) is 24.4 Å². The van der Waals surface area contributed by atoms with Crippen LogP contribution in [0, 0.1) is 6.92 Å². The Morgan fingerprint density at radius 1 is 1.37 bits per heavy atom. The summed E-state index contributed by atoms with van der Waals surface area (Å²) in [6, 6.07) is 5.83. The normalized spacial score (nSPS) is 12.7. The minimum atomic E-state index is 0.130. The molecule has 0 aliphatic heterocycles. The zero-order valence-corrected chi connectivity index (χ0v) is 12.8. The Bertz CT molecular complexity index is 578. The Labute approximate surface area is 123 Å². The topological polar surface area (TPSA) is 29.9 Å². The maximum Gasteiger partial charge on any atom is 0.0639 e. The molecule has 19 heavy (non-hydrogen) atoms. The highest BCUT2D eigenvalue weighted by Crippen LogP contribution is 2.29. The average Bonchev–Trinajstić information content (AvgIpc) is 2.70. The van der Waals surface area contributed by atoms with Gasteiger partial charge in [-0.15, -0.1) is 0 Å². The van der Waals surface area contributed by atoms with Crippen LogP contribution in [-0.4, -0.2) is 9.78 Å². The zero-order chi connectivity index (χ0) is 14.0. The van der Waals surface area contributed by atoms with Gasteiger partial charge < -0.3 is 5.32 Å². The Balaban J connectivity index is 2.07. The number of hydrogen-bond donors (Lipinski definition) is 1. The largest absolute Gasteiger partial charge is 0.306 e. The van der Waals surface area contributed by atoms with Gasteiger partial charge in [-0.05, 0) is 25.5 Å². The number of nitrogens with zero attached hydrogens (tertiary/aromatic N) is 2. The van der Waals surface area contributed by atoms with Crippen LogP contribution in [0.5, 0.6) is 0 Å². The highest BCUT2D eigenvalue weighted by molar-refractivity contribution is 6.42. The first kappa shape index (κ1) is 14.4. The molecule has 0 bridgehead atoms. The Morgan fingerprint density at radius 3 is 2.74 bits per heavy atom. The minimum Gasteiger partial charge on any atom is -0.306 e. The summed E-state index contributed by atoms with van der Waals surface area (Å²) in [7, 11) is 1.94. The molecule has 2 rings (SSSR count). The van der Waals surface area contributed by atoms with Gasteiger partial charge in [-0.2, -0.15) is 5.10 Å². The van der Waals surface area contributed by atoms with Crippen LogP contribution in [0.2, 0.25) is 10.0 Å². The van der Waals surface area contributed by atoms with E-state index in [2.05, 4.69) is 24.3 Å². The van der Waals surface area contributed by atoms with E-state index < -0.39 is 0 Å². The van der Waals surface area contributed by atoms with Crippen LogP contribution < -0.4 is 5.32 Å². The van der Waals surface area contributed by atoms with Gasteiger partial charge in [0.2, 0.25) is 0 Å². The summed E-state index contributed by atoms with van der Waals surface area (Å²) >= 11 is 12.2. The molecule has 1 aromatic heterocycles. The molecule has 2 aromatic rings. The predicted molar refractivity (Wildman–Crippen MR) is 79.7 cm³/mol. The fourth-order valence-electron chi connectivity index (χ4n) is 1.95. The van der Waals surface area contributed by atoms with Crippen molar-refractivity contribution < 1.29 is 0 Å². The SMILES string of the molecule is Cc1c(CNC(C)c2cccc(Cl)c2Cl)cnn1C. The number of rotatable bonds is 4. The second-order valence-corrected chi connectivity index (χ2v) is 5.41. The summed E-state index contributed by atoms with van der Waals surface area (Å²) in [6.07, 6.45) is 1.88. The van der Waals surface area contributed by atoms with Crippen LogP contribution >= 0.6 is 23.2 Å². The summed E-state index contributed by atoms with van der Waals surface area (Å²) in [5, 5.41) is 8.87. The van der Waals surface area contributed by atoms with Crippen molar-refractivity contribution in [3.63, 3.8) is 0 Å². The van der Waals surface area contributed by atoms with Gasteiger partial charge in [-0.25, -0.2) is 0 Å². The molecule has 3 nitrogen and oxygen atoms in total. The maximum absolute atomic E-state index is 6.22. The standard InChI is InChI=1S/C14H17Cl2N3/c1-9(12-5-4-6-13(15)14(12)16)17-7-11-8-18-19(3)10(11)2/h4-6,8-9,17H,7H2,1-3H3. The number of nitrogens with one attached hydrogen (secondary N) is 1. The average molecular weight is 298 g/mol.